The van der Waals surface area contributed by atoms with Crippen LogP contribution in [-0.2, 0) is 0 Å². The number of para-hydroxylation sites is 1. The lowest BCUT2D eigenvalue weighted by molar-refractivity contribution is 0.0315. The maximum atomic E-state index is 12.8. The monoisotopic (exact) mass is 346 g/mol. The number of anilines is 1. The fraction of sp³-hybridized carbons (Fsp3) is 0.333. The van der Waals surface area contributed by atoms with E-state index in [1.165, 1.54) is 11.3 Å². The first kappa shape index (κ1) is 18.2. The number of amides is 2. The summed E-state index contributed by atoms with van der Waals surface area (Å²) in [5.41, 5.74) is -0.107. The number of aliphatic hydroxyl groups is 1. The summed E-state index contributed by atoms with van der Waals surface area (Å²) in [6.45, 7) is 5.86. The predicted molar refractivity (Wildman–Crippen MR) is 96.6 cm³/mol. The van der Waals surface area contributed by atoms with Crippen LogP contribution in [0.3, 0.4) is 0 Å². The lowest BCUT2D eigenvalue weighted by Crippen LogP contribution is -2.42. The summed E-state index contributed by atoms with van der Waals surface area (Å²) >= 11 is 1.34. The summed E-state index contributed by atoms with van der Waals surface area (Å²) in [5.74, 6) is -0.461. The van der Waals surface area contributed by atoms with E-state index in [-0.39, 0.29) is 18.4 Å². The first-order chi connectivity index (χ1) is 11.3. The van der Waals surface area contributed by atoms with Crippen molar-refractivity contribution in [3.8, 4) is 0 Å². The van der Waals surface area contributed by atoms with Crippen molar-refractivity contribution in [3.05, 3.63) is 52.2 Å². The Kier molecular flexibility index (Phi) is 5.75. The number of hydrogen-bond acceptors (Lipinski definition) is 4. The fourth-order valence-corrected chi connectivity index (χ4v) is 2.95. The number of hydrogen-bond donors (Lipinski definition) is 2. The normalized spacial score (nSPS) is 11.2. The first-order valence-corrected chi connectivity index (χ1v) is 8.65. The second kappa shape index (κ2) is 7.59. The molecular weight excluding hydrogens is 324 g/mol. The molecule has 0 spiro atoms. The summed E-state index contributed by atoms with van der Waals surface area (Å²) in [6.07, 6.45) is 0. The number of rotatable bonds is 6. The third-order valence-electron chi connectivity index (χ3n) is 3.40. The van der Waals surface area contributed by atoms with Crippen LogP contribution in [-0.4, -0.2) is 40.5 Å². The van der Waals surface area contributed by atoms with Crippen molar-refractivity contribution in [2.24, 2.45) is 0 Å². The SMILES string of the molecule is CCN(CC(C)(C)O)C(=O)c1ccccc1NC(=O)c1cccs1. The third kappa shape index (κ3) is 4.66. The molecule has 6 heteroatoms. The Morgan fingerprint density at radius 1 is 1.21 bits per heavy atom. The molecule has 128 valence electrons. The van der Waals surface area contributed by atoms with Crippen LogP contribution in [0.5, 0.6) is 0 Å². The molecule has 1 aromatic carbocycles. The molecular formula is C18H22N2O3S. The highest BCUT2D eigenvalue weighted by molar-refractivity contribution is 7.12. The van der Waals surface area contributed by atoms with Gasteiger partial charge in [-0.05, 0) is 44.4 Å². The van der Waals surface area contributed by atoms with Crippen LogP contribution >= 0.6 is 11.3 Å². The fourth-order valence-electron chi connectivity index (χ4n) is 2.33. The van der Waals surface area contributed by atoms with E-state index in [0.717, 1.165) is 0 Å². The van der Waals surface area contributed by atoms with E-state index in [1.807, 2.05) is 12.3 Å². The van der Waals surface area contributed by atoms with Crippen LogP contribution in [0.25, 0.3) is 0 Å². The lowest BCUT2D eigenvalue weighted by Gasteiger charge is -2.28. The Hall–Kier alpha value is -2.18. The molecule has 5 nitrogen and oxygen atoms in total. The van der Waals surface area contributed by atoms with Gasteiger partial charge in [0.1, 0.15) is 0 Å². The quantitative estimate of drug-likeness (QED) is 0.844. The van der Waals surface area contributed by atoms with Crippen LogP contribution in [0.2, 0.25) is 0 Å². The summed E-state index contributed by atoms with van der Waals surface area (Å²) in [4.78, 5) is 27.2. The van der Waals surface area contributed by atoms with Crippen molar-refractivity contribution in [2.75, 3.05) is 18.4 Å². The third-order valence-corrected chi connectivity index (χ3v) is 4.27. The molecule has 2 rings (SSSR count). The van der Waals surface area contributed by atoms with Crippen molar-refractivity contribution in [1.82, 2.24) is 4.90 Å². The molecule has 0 radical (unpaired) electrons. The highest BCUT2D eigenvalue weighted by atomic mass is 32.1. The van der Waals surface area contributed by atoms with Gasteiger partial charge in [0, 0.05) is 13.1 Å². The number of thiophene rings is 1. The van der Waals surface area contributed by atoms with Crippen molar-refractivity contribution < 1.29 is 14.7 Å². The van der Waals surface area contributed by atoms with Crippen LogP contribution in [0, 0.1) is 0 Å². The average molecular weight is 346 g/mol. The van der Waals surface area contributed by atoms with Crippen LogP contribution in [0.1, 0.15) is 40.8 Å². The van der Waals surface area contributed by atoms with Crippen molar-refractivity contribution in [1.29, 1.82) is 0 Å². The average Bonchev–Trinajstić information content (AvgIpc) is 3.06. The second-order valence-electron chi connectivity index (χ2n) is 6.11. The van der Waals surface area contributed by atoms with E-state index in [9.17, 15) is 14.7 Å². The van der Waals surface area contributed by atoms with Gasteiger partial charge in [-0.3, -0.25) is 9.59 Å². The van der Waals surface area contributed by atoms with E-state index < -0.39 is 5.60 Å². The van der Waals surface area contributed by atoms with Crippen molar-refractivity contribution >= 4 is 28.8 Å². The number of carbonyl (C=O) groups excluding carboxylic acids is 2. The van der Waals surface area contributed by atoms with E-state index >= 15 is 0 Å². The first-order valence-electron chi connectivity index (χ1n) is 7.77. The summed E-state index contributed by atoms with van der Waals surface area (Å²) in [6, 6.07) is 10.4. The number of nitrogens with one attached hydrogen (secondary N) is 1. The molecule has 0 unspecified atom stereocenters. The minimum absolute atomic E-state index is 0.218. The van der Waals surface area contributed by atoms with Gasteiger partial charge < -0.3 is 15.3 Å². The Bertz CT molecular complexity index is 705. The standard InChI is InChI=1S/C18H22N2O3S/c1-4-20(12-18(2,3)23)17(22)13-8-5-6-9-14(13)19-16(21)15-10-7-11-24-15/h5-11,23H,4,12H2,1-3H3,(H,19,21). The Morgan fingerprint density at radius 3 is 2.50 bits per heavy atom. The molecule has 0 aliphatic heterocycles. The molecule has 0 saturated carbocycles. The summed E-state index contributed by atoms with van der Waals surface area (Å²) in [7, 11) is 0. The number of likely N-dealkylation sites (N-methyl/N-ethyl adjacent to an activating group) is 1. The summed E-state index contributed by atoms with van der Waals surface area (Å²) in [5, 5.41) is 14.6. The highest BCUT2D eigenvalue weighted by Crippen LogP contribution is 2.20. The van der Waals surface area contributed by atoms with Gasteiger partial charge in [-0.15, -0.1) is 11.3 Å². The van der Waals surface area contributed by atoms with Gasteiger partial charge in [-0.1, -0.05) is 18.2 Å². The van der Waals surface area contributed by atoms with Crippen molar-refractivity contribution in [2.45, 2.75) is 26.4 Å². The topological polar surface area (TPSA) is 69.6 Å². The Balaban J connectivity index is 2.24. The molecule has 1 heterocycles. The minimum Gasteiger partial charge on any atom is -0.389 e. The zero-order valence-corrected chi connectivity index (χ0v) is 14.9. The van der Waals surface area contributed by atoms with Gasteiger partial charge in [0.15, 0.2) is 0 Å². The van der Waals surface area contributed by atoms with E-state index in [0.29, 0.717) is 22.7 Å². The van der Waals surface area contributed by atoms with Gasteiger partial charge in [-0.2, -0.15) is 0 Å². The smallest absolute Gasteiger partial charge is 0.265 e. The summed E-state index contributed by atoms with van der Waals surface area (Å²) < 4.78 is 0. The largest absolute Gasteiger partial charge is 0.389 e. The zero-order valence-electron chi connectivity index (χ0n) is 14.1. The Morgan fingerprint density at radius 2 is 1.92 bits per heavy atom. The lowest BCUT2D eigenvalue weighted by atomic mass is 10.1. The van der Waals surface area contributed by atoms with Crippen LogP contribution < -0.4 is 5.32 Å². The zero-order chi connectivity index (χ0) is 17.7. The molecule has 0 saturated heterocycles. The molecule has 0 atom stereocenters. The predicted octanol–water partition coefficient (Wildman–Crippen LogP) is 3.23. The van der Waals surface area contributed by atoms with Gasteiger partial charge in [0.05, 0.1) is 21.7 Å². The molecule has 0 fully saturated rings. The van der Waals surface area contributed by atoms with E-state index in [1.54, 1.807) is 55.1 Å². The maximum Gasteiger partial charge on any atom is 0.265 e. The maximum absolute atomic E-state index is 12.8. The molecule has 0 bridgehead atoms. The molecule has 2 amide bonds. The molecule has 1 aromatic heterocycles. The van der Waals surface area contributed by atoms with Crippen LogP contribution in [0.4, 0.5) is 5.69 Å². The minimum atomic E-state index is -0.985. The van der Waals surface area contributed by atoms with Gasteiger partial charge >= 0.3 is 0 Å². The number of nitrogens with zero attached hydrogens (tertiary/aromatic N) is 1. The molecule has 2 aromatic rings. The molecule has 2 N–H and O–H groups in total. The van der Waals surface area contributed by atoms with Gasteiger partial charge in [0.25, 0.3) is 11.8 Å². The van der Waals surface area contributed by atoms with Gasteiger partial charge in [0.2, 0.25) is 0 Å². The molecule has 0 aliphatic carbocycles. The number of carbonyl (C=O) groups is 2. The van der Waals surface area contributed by atoms with E-state index in [2.05, 4.69) is 5.32 Å². The van der Waals surface area contributed by atoms with Crippen molar-refractivity contribution in [3.63, 3.8) is 0 Å². The second-order valence-corrected chi connectivity index (χ2v) is 7.06. The van der Waals surface area contributed by atoms with Gasteiger partial charge in [-0.25, -0.2) is 0 Å². The van der Waals surface area contributed by atoms with E-state index in [4.69, 9.17) is 0 Å². The van der Waals surface area contributed by atoms with Crippen LogP contribution in [0.15, 0.2) is 41.8 Å². The Labute approximate surface area is 145 Å². The molecule has 0 aliphatic rings. The molecule has 24 heavy (non-hydrogen) atoms. The highest BCUT2D eigenvalue weighted by Gasteiger charge is 2.24. The number of benzene rings is 1.